The van der Waals surface area contributed by atoms with E-state index in [0.717, 1.165) is 25.3 Å². The highest BCUT2D eigenvalue weighted by molar-refractivity contribution is 7.89. The largest absolute Gasteiger partial charge is 0.618 e. The highest BCUT2D eigenvalue weighted by atomic mass is 32.2. The molecule has 9 nitrogen and oxygen atoms in total. The van der Waals surface area contributed by atoms with Gasteiger partial charge in [0.15, 0.2) is 0 Å². The number of hydrogen-bond acceptors (Lipinski definition) is 6. The summed E-state index contributed by atoms with van der Waals surface area (Å²) in [6.45, 7) is 0.661. The van der Waals surface area contributed by atoms with Crippen LogP contribution in [0, 0.1) is 16.5 Å². The van der Waals surface area contributed by atoms with Crippen LogP contribution in [0.15, 0.2) is 35.5 Å². The molecule has 4 rings (SSSR count). The molecule has 0 amide bonds. The number of nitriles is 1. The van der Waals surface area contributed by atoms with E-state index in [2.05, 4.69) is 11.1 Å². The second-order valence-electron chi connectivity index (χ2n) is 8.00. The zero-order valence-corrected chi connectivity index (χ0v) is 18.9. The smallest absolute Gasteiger partial charge is 0.404 e. The van der Waals surface area contributed by atoms with Gasteiger partial charge in [-0.3, -0.25) is 0 Å². The van der Waals surface area contributed by atoms with Crippen molar-refractivity contribution in [1.82, 2.24) is 14.3 Å². The zero-order chi connectivity index (χ0) is 24.8. The minimum Gasteiger partial charge on any atom is -0.618 e. The van der Waals surface area contributed by atoms with E-state index < -0.39 is 27.1 Å². The van der Waals surface area contributed by atoms with Crippen LogP contribution in [-0.4, -0.2) is 37.3 Å². The normalized spacial score (nSPS) is 15.6. The molecule has 3 aromatic heterocycles. The second-order valence-corrected chi connectivity index (χ2v) is 9.71. The fourth-order valence-electron chi connectivity index (χ4n) is 3.82. The summed E-state index contributed by atoms with van der Waals surface area (Å²) in [5, 5.41) is 23.3. The number of rotatable bonds is 6. The number of halogens is 3. The molecule has 1 saturated carbocycles. The Morgan fingerprint density at radius 3 is 2.62 bits per heavy atom. The first-order chi connectivity index (χ1) is 16.0. The first-order valence-electron chi connectivity index (χ1n) is 10.3. The monoisotopic (exact) mass is 495 g/mol. The van der Waals surface area contributed by atoms with Crippen LogP contribution in [0.4, 0.5) is 13.2 Å². The first-order valence-corrected chi connectivity index (χ1v) is 11.8. The lowest BCUT2D eigenvalue weighted by Gasteiger charge is -2.29. The van der Waals surface area contributed by atoms with Crippen molar-refractivity contribution in [2.24, 2.45) is 0 Å². The molecule has 13 heteroatoms. The fourth-order valence-corrected chi connectivity index (χ4v) is 5.03. The average Bonchev–Trinajstić information content (AvgIpc) is 3.04. The molecule has 0 spiro atoms. The number of methoxy groups -OCH3 is 1. The van der Waals surface area contributed by atoms with Crippen molar-refractivity contribution >= 4 is 21.1 Å². The molecule has 1 aliphatic rings. The number of nitrogens with zero attached hydrogens (tertiary/aromatic N) is 4. The van der Waals surface area contributed by atoms with E-state index in [0.29, 0.717) is 29.9 Å². The maximum Gasteiger partial charge on any atom is 0.404 e. The molecule has 3 aromatic rings. The van der Waals surface area contributed by atoms with Gasteiger partial charge in [0.1, 0.15) is 34.1 Å². The first kappa shape index (κ1) is 23.8. The molecule has 1 N–H and O–H groups in total. The molecule has 0 radical (unpaired) electrons. The molecule has 1 aliphatic carbocycles. The number of sulfonamides is 1. The molecule has 1 atom stereocenters. The summed E-state index contributed by atoms with van der Waals surface area (Å²) in [4.78, 5) is 3.78. The Morgan fingerprint density at radius 2 is 2.09 bits per heavy atom. The van der Waals surface area contributed by atoms with E-state index in [1.54, 1.807) is 10.6 Å². The van der Waals surface area contributed by atoms with E-state index in [4.69, 9.17) is 4.74 Å². The van der Waals surface area contributed by atoms with Crippen molar-refractivity contribution in [2.45, 2.75) is 49.3 Å². The van der Waals surface area contributed by atoms with Gasteiger partial charge in [-0.2, -0.15) is 27.9 Å². The van der Waals surface area contributed by atoms with Gasteiger partial charge in [-0.25, -0.2) is 13.4 Å². The van der Waals surface area contributed by atoms with Crippen LogP contribution < -0.4 is 14.2 Å². The summed E-state index contributed by atoms with van der Waals surface area (Å²) in [6, 6.07) is 3.60. The maximum absolute atomic E-state index is 13.0. The Bertz CT molecular complexity index is 1410. The third kappa shape index (κ3) is 4.03. The lowest BCUT2D eigenvalue weighted by atomic mass is 9.92. The summed E-state index contributed by atoms with van der Waals surface area (Å²) < 4.78 is 72.0. The Morgan fingerprint density at radius 1 is 1.38 bits per heavy atom. The fraction of sp³-hybridized carbons (Fsp3) is 0.381. The molecule has 34 heavy (non-hydrogen) atoms. The van der Waals surface area contributed by atoms with Crippen molar-refractivity contribution < 1.29 is 31.1 Å². The van der Waals surface area contributed by atoms with E-state index in [1.165, 1.54) is 24.1 Å². The van der Waals surface area contributed by atoms with Gasteiger partial charge in [-0.1, -0.05) is 0 Å². The molecule has 0 aromatic carbocycles. The van der Waals surface area contributed by atoms with E-state index in [1.807, 2.05) is 0 Å². The van der Waals surface area contributed by atoms with Crippen molar-refractivity contribution in [3.63, 3.8) is 0 Å². The van der Waals surface area contributed by atoms with Gasteiger partial charge in [0.25, 0.3) is 0 Å². The summed E-state index contributed by atoms with van der Waals surface area (Å²) in [6.07, 6.45) is -0.0469. The van der Waals surface area contributed by atoms with Gasteiger partial charge in [-0.05, 0) is 38.3 Å². The number of nitrogens with one attached hydrogen (secondary N) is 1. The third-order valence-corrected chi connectivity index (χ3v) is 7.39. The molecule has 3 heterocycles. The molecular weight excluding hydrogens is 475 g/mol. The number of aromatic nitrogens is 3. The van der Waals surface area contributed by atoms with Crippen molar-refractivity contribution in [2.75, 3.05) is 7.11 Å². The van der Waals surface area contributed by atoms with Gasteiger partial charge in [0.05, 0.1) is 18.9 Å². The van der Waals surface area contributed by atoms with Gasteiger partial charge in [-0.15, -0.1) is 0 Å². The van der Waals surface area contributed by atoms with Crippen molar-refractivity contribution in [1.29, 1.82) is 5.26 Å². The van der Waals surface area contributed by atoms with E-state index in [9.17, 15) is 32.1 Å². The SMILES string of the molecule is COc1cnc2c(c1)c(C#N)c(-c1ccc(S(=O)(=O)N[C@@H](C)C(F)(F)F)c[n+]1[O-])n2C1CCC1. The highest BCUT2D eigenvalue weighted by Gasteiger charge is 2.39. The Labute approximate surface area is 193 Å². The standard InChI is InChI=1S/C21H20F3N5O4S/c1-12(21(22,23)24)27-34(31,32)15-6-7-18(28(30)11-15)19-17(9-25)16-8-14(33-2)10-26-20(16)29(19)13-4-3-5-13/h6-8,10-13,27H,3-5H2,1-2H3/t12-/m0/s1. The van der Waals surface area contributed by atoms with Gasteiger partial charge >= 0.3 is 6.18 Å². The minimum absolute atomic E-state index is 0.0156. The molecule has 0 aliphatic heterocycles. The van der Waals surface area contributed by atoms with E-state index in [-0.39, 0.29) is 27.7 Å². The third-order valence-electron chi connectivity index (χ3n) is 5.87. The number of fused-ring (bicyclic) bond motifs is 1. The predicted molar refractivity (Wildman–Crippen MR) is 114 cm³/mol. The van der Waals surface area contributed by atoms with Crippen LogP contribution in [0.3, 0.4) is 0 Å². The Hall–Kier alpha value is -3.37. The zero-order valence-electron chi connectivity index (χ0n) is 18.1. The van der Waals surface area contributed by atoms with Gasteiger partial charge < -0.3 is 14.5 Å². The lowest BCUT2D eigenvalue weighted by Crippen LogP contribution is -2.43. The van der Waals surface area contributed by atoms with Crippen molar-refractivity contribution in [3.05, 3.63) is 41.4 Å². The molecule has 1 fully saturated rings. The van der Waals surface area contributed by atoms with Crippen LogP contribution in [0.25, 0.3) is 22.4 Å². The van der Waals surface area contributed by atoms with Gasteiger partial charge in [0, 0.05) is 17.5 Å². The van der Waals surface area contributed by atoms with Crippen LogP contribution in [0.5, 0.6) is 5.75 Å². The highest BCUT2D eigenvalue weighted by Crippen LogP contribution is 2.41. The average molecular weight is 495 g/mol. The van der Waals surface area contributed by atoms with Crippen LogP contribution >= 0.6 is 0 Å². The predicted octanol–water partition coefficient (Wildman–Crippen LogP) is 3.17. The minimum atomic E-state index is -4.79. The van der Waals surface area contributed by atoms with Crippen LogP contribution in [0.1, 0.15) is 37.8 Å². The summed E-state index contributed by atoms with van der Waals surface area (Å²) >= 11 is 0. The summed E-state index contributed by atoms with van der Waals surface area (Å²) in [5.74, 6) is 0.419. The number of alkyl halides is 3. The molecular formula is C21H20F3N5O4S. The topological polar surface area (TPSA) is 124 Å². The second kappa shape index (κ2) is 8.44. The number of pyridine rings is 2. The number of hydrogen-bond donors (Lipinski definition) is 1. The molecule has 0 bridgehead atoms. The van der Waals surface area contributed by atoms with E-state index >= 15 is 0 Å². The summed E-state index contributed by atoms with van der Waals surface area (Å²) in [7, 11) is -3.17. The molecule has 0 unspecified atom stereocenters. The van der Waals surface area contributed by atoms with Crippen LogP contribution in [0.2, 0.25) is 0 Å². The lowest BCUT2D eigenvalue weighted by molar-refractivity contribution is -0.596. The van der Waals surface area contributed by atoms with Crippen LogP contribution in [-0.2, 0) is 10.0 Å². The maximum atomic E-state index is 13.0. The Kier molecular flexibility index (Phi) is 5.91. The number of ether oxygens (including phenoxy) is 1. The summed E-state index contributed by atoms with van der Waals surface area (Å²) in [5.41, 5.74) is 0.883. The van der Waals surface area contributed by atoms with Gasteiger partial charge in [0.2, 0.25) is 21.9 Å². The van der Waals surface area contributed by atoms with Crippen molar-refractivity contribution in [3.8, 4) is 23.2 Å². The Balaban J connectivity index is 1.86. The molecule has 180 valence electrons. The molecule has 0 saturated heterocycles. The quantitative estimate of drug-likeness (QED) is 0.414.